The number of unbranched alkanes of at least 4 members (excludes halogenated alkanes) is 18. The molecule has 0 bridgehead atoms. The van der Waals surface area contributed by atoms with Gasteiger partial charge in [0.1, 0.15) is 0 Å². The van der Waals surface area contributed by atoms with Crippen molar-refractivity contribution in [1.29, 1.82) is 0 Å². The van der Waals surface area contributed by atoms with Gasteiger partial charge in [-0.3, -0.25) is 0 Å². The summed E-state index contributed by atoms with van der Waals surface area (Å²) in [6.07, 6.45) is 38.1. The summed E-state index contributed by atoms with van der Waals surface area (Å²) in [5.74, 6) is 0. The molecule has 0 saturated heterocycles. The summed E-state index contributed by atoms with van der Waals surface area (Å²) in [6, 6.07) is 32.2. The number of hydrogen-bond donors (Lipinski definition) is 0. The Morgan fingerprint density at radius 1 is 0.296 bits per heavy atom. The van der Waals surface area contributed by atoms with Crippen LogP contribution in [0, 0.1) is 0 Å². The van der Waals surface area contributed by atoms with E-state index in [1.807, 2.05) is 11.3 Å². The van der Waals surface area contributed by atoms with E-state index in [-0.39, 0.29) is 0 Å². The molecule has 0 fully saturated rings. The molecule has 0 unspecified atom stereocenters. The Morgan fingerprint density at radius 2 is 0.642 bits per heavy atom. The van der Waals surface area contributed by atoms with Gasteiger partial charge in [0.2, 0.25) is 0 Å². The molecule has 2 aromatic carbocycles. The molecule has 0 aliphatic heterocycles. The quantitative estimate of drug-likeness (QED) is 0.0342. The van der Waals surface area contributed by atoms with Crippen LogP contribution in [0.2, 0.25) is 0 Å². The number of para-hydroxylation sites is 1. The highest BCUT2D eigenvalue weighted by Crippen LogP contribution is 2.53. The van der Waals surface area contributed by atoms with Crippen molar-refractivity contribution in [3.05, 3.63) is 118 Å². The van der Waals surface area contributed by atoms with Crippen molar-refractivity contribution in [3.8, 4) is 59.2 Å². The van der Waals surface area contributed by atoms with Crippen LogP contribution in [0.5, 0.6) is 0 Å². The zero-order valence-corrected chi connectivity index (χ0v) is 55.8. The molecule has 0 aliphatic rings. The molecule has 7 aromatic heterocycles. The number of nitrogens with zero attached hydrogens (tertiary/aromatic N) is 1. The second kappa shape index (κ2) is 32.1. The lowest BCUT2D eigenvalue weighted by Gasteiger charge is -2.06. The largest absolute Gasteiger partial charge is 0.341 e. The molecule has 0 atom stereocenters. The van der Waals surface area contributed by atoms with E-state index in [0.717, 1.165) is 25.8 Å². The zero-order chi connectivity index (χ0) is 56.3. The molecule has 0 aliphatic carbocycles. The van der Waals surface area contributed by atoms with E-state index >= 15 is 0 Å². The van der Waals surface area contributed by atoms with E-state index in [0.29, 0.717) is 0 Å². The van der Waals surface area contributed by atoms with Crippen LogP contribution in [-0.4, -0.2) is 4.57 Å². The fourth-order valence-electron chi connectivity index (χ4n) is 12.4. The van der Waals surface area contributed by atoms with Gasteiger partial charge in [-0.15, -0.1) is 68.0 Å². The van der Waals surface area contributed by atoms with Crippen molar-refractivity contribution < 1.29 is 0 Å². The molecule has 7 heteroatoms. The Labute approximate surface area is 514 Å². The van der Waals surface area contributed by atoms with E-state index in [4.69, 9.17) is 0 Å². The maximum absolute atomic E-state index is 2.70. The number of fused-ring (bicyclic) bond motifs is 3. The van der Waals surface area contributed by atoms with Gasteiger partial charge in [0.15, 0.2) is 0 Å². The summed E-state index contributed by atoms with van der Waals surface area (Å²) in [5.41, 5.74) is 13.6. The fraction of sp³-hybridized carbons (Fsp3) is 0.514. The van der Waals surface area contributed by atoms with Crippen LogP contribution in [0.1, 0.15) is 236 Å². The molecule has 0 radical (unpaired) electrons. The van der Waals surface area contributed by atoms with Gasteiger partial charge in [-0.25, -0.2) is 0 Å². The monoisotopic (exact) mass is 1190 g/mol. The molecule has 1 nitrogen and oxygen atoms in total. The predicted molar refractivity (Wildman–Crippen MR) is 372 cm³/mol. The van der Waals surface area contributed by atoms with Gasteiger partial charge in [-0.2, -0.15) is 0 Å². The lowest BCUT2D eigenvalue weighted by Crippen LogP contribution is -1.92. The minimum Gasteiger partial charge on any atom is -0.341 e. The van der Waals surface area contributed by atoms with Gasteiger partial charge in [0.05, 0.1) is 0 Å². The average Bonchev–Trinajstić information content (AvgIpc) is 4.50. The summed E-state index contributed by atoms with van der Waals surface area (Å²) in [5, 5.41) is 5.12. The van der Waals surface area contributed by atoms with Crippen molar-refractivity contribution in [2.75, 3.05) is 0 Å². The summed E-state index contributed by atoms with van der Waals surface area (Å²) < 4.78 is 2.50. The Hall–Kier alpha value is -3.56. The third-order valence-electron chi connectivity index (χ3n) is 17.1. The topological polar surface area (TPSA) is 4.93 Å². The van der Waals surface area contributed by atoms with Gasteiger partial charge >= 0.3 is 0 Å². The average molecular weight is 1190 g/mol. The molecule has 0 amide bonds. The highest BCUT2D eigenvalue weighted by Gasteiger charge is 2.25. The van der Waals surface area contributed by atoms with E-state index in [9.17, 15) is 0 Å². The van der Waals surface area contributed by atoms with Crippen molar-refractivity contribution in [2.45, 2.75) is 248 Å². The zero-order valence-electron chi connectivity index (χ0n) is 50.9. The second-order valence-corrected chi connectivity index (χ2v) is 29.6. The fourth-order valence-corrected chi connectivity index (χ4v) is 20.2. The molecule has 0 spiro atoms. The van der Waals surface area contributed by atoms with Gasteiger partial charge in [-0.1, -0.05) is 181 Å². The molecule has 81 heavy (non-hydrogen) atoms. The number of benzene rings is 2. The van der Waals surface area contributed by atoms with Gasteiger partial charge in [-0.05, 0) is 183 Å². The third-order valence-corrected chi connectivity index (χ3v) is 24.9. The number of aromatic nitrogens is 1. The molecular formula is C74H97NS6. The number of aryl methyl sites for hydroxylation is 7. The minimum absolute atomic E-state index is 0.976. The van der Waals surface area contributed by atoms with Crippen LogP contribution in [0.4, 0.5) is 0 Å². The first kappa shape index (κ1) is 62.0. The SMILES string of the molecule is CCCCCCc1cc(-c2sc(-c3sc(-c4sc(-c5sc(-c6sccc6CCCCCC)cc5CCCCCC)cc4CCCCCC)cc3CCCCCC)cc2CCCCCC)sc1-c1ccc2c(c1)c1ccccc1n2CC. The molecule has 9 aromatic rings. The molecule has 0 saturated carbocycles. The van der Waals surface area contributed by atoms with Crippen LogP contribution >= 0.6 is 68.0 Å². The Kier molecular flexibility index (Phi) is 24.6. The molecule has 434 valence electrons. The third kappa shape index (κ3) is 15.7. The van der Waals surface area contributed by atoms with Crippen LogP contribution in [0.25, 0.3) is 81.0 Å². The normalized spacial score (nSPS) is 11.9. The summed E-state index contributed by atoms with van der Waals surface area (Å²) >= 11 is 12.6. The number of rotatable bonds is 37. The van der Waals surface area contributed by atoms with Gasteiger partial charge in [0.25, 0.3) is 0 Å². The van der Waals surface area contributed by atoms with Crippen molar-refractivity contribution >= 4 is 89.8 Å². The van der Waals surface area contributed by atoms with E-state index in [2.05, 4.69) is 194 Å². The van der Waals surface area contributed by atoms with E-state index in [1.165, 1.54) is 240 Å². The summed E-state index contributed by atoms with van der Waals surface area (Å²) in [6.45, 7) is 17.3. The van der Waals surface area contributed by atoms with Crippen molar-refractivity contribution in [2.24, 2.45) is 0 Å². The van der Waals surface area contributed by atoms with Crippen LogP contribution in [-0.2, 0) is 45.1 Å². The van der Waals surface area contributed by atoms with Crippen molar-refractivity contribution in [3.63, 3.8) is 0 Å². The first-order valence-electron chi connectivity index (χ1n) is 32.6. The first-order chi connectivity index (χ1) is 39.9. The summed E-state index contributed by atoms with van der Waals surface area (Å²) in [7, 11) is 0. The van der Waals surface area contributed by atoms with Crippen LogP contribution in [0.15, 0.2) is 84.2 Å². The standard InChI is InChI=1S/C74H97NS6/c1-8-15-21-27-35-53-45-46-76-70(53)64-49-55(37-29-23-17-10-3)72(78-64)66-51-57(39-31-25-19-12-5)74(80-66)68-52-58(40-32-26-20-13-6)73(81-68)67-50-56(38-30-24-18-11-4)71(79-67)65-48-54(36-28-22-16-9-2)69(77-65)59-43-44-63-61(47-59)60-41-33-34-42-62(60)75(63)14-7/h33-34,41-52H,8-32,35-40H2,1-7H3. The van der Waals surface area contributed by atoms with Crippen LogP contribution in [0.3, 0.4) is 0 Å². The highest BCUT2D eigenvalue weighted by atomic mass is 32.1. The summed E-state index contributed by atoms with van der Waals surface area (Å²) in [4.78, 5) is 16.7. The Balaban J connectivity index is 1.14. The predicted octanol–water partition coefficient (Wildman–Crippen LogP) is 26.9. The van der Waals surface area contributed by atoms with E-state index < -0.39 is 0 Å². The highest BCUT2D eigenvalue weighted by molar-refractivity contribution is 7.31. The minimum atomic E-state index is 0.976. The second-order valence-electron chi connectivity index (χ2n) is 23.5. The van der Waals surface area contributed by atoms with E-state index in [1.54, 1.807) is 48.0 Å². The lowest BCUT2D eigenvalue weighted by atomic mass is 10.0. The first-order valence-corrected chi connectivity index (χ1v) is 37.6. The maximum Gasteiger partial charge on any atom is 0.0491 e. The molecule has 7 heterocycles. The Bertz CT molecular complexity index is 3310. The smallest absolute Gasteiger partial charge is 0.0491 e. The maximum atomic E-state index is 2.70. The number of thiophene rings is 6. The molecule has 9 rings (SSSR count). The molecule has 0 N–H and O–H groups in total. The number of hydrogen-bond acceptors (Lipinski definition) is 6. The van der Waals surface area contributed by atoms with Gasteiger partial charge in [0, 0.05) is 82.0 Å². The van der Waals surface area contributed by atoms with Crippen molar-refractivity contribution in [1.82, 2.24) is 4.57 Å². The lowest BCUT2D eigenvalue weighted by molar-refractivity contribution is 0.667. The van der Waals surface area contributed by atoms with Gasteiger partial charge < -0.3 is 4.57 Å². The molecular weight excluding hydrogens is 1100 g/mol. The van der Waals surface area contributed by atoms with Crippen LogP contribution < -0.4 is 0 Å². The Morgan fingerprint density at radius 3 is 1.04 bits per heavy atom.